The molecule has 0 aliphatic heterocycles. The van der Waals surface area contributed by atoms with Crippen LogP contribution in [0, 0.1) is 10.1 Å². The van der Waals surface area contributed by atoms with Crippen LogP contribution in [0.15, 0.2) is 99.8 Å². The van der Waals surface area contributed by atoms with E-state index in [0.29, 0.717) is 10.6 Å². The first kappa shape index (κ1) is 19.6. The zero-order valence-corrected chi connectivity index (χ0v) is 16.1. The highest BCUT2D eigenvalue weighted by Gasteiger charge is 2.24. The highest BCUT2D eigenvalue weighted by atomic mass is 32.3. The van der Waals surface area contributed by atoms with Crippen molar-refractivity contribution in [3.8, 4) is 0 Å². The highest BCUT2D eigenvalue weighted by Crippen LogP contribution is 2.27. The van der Waals surface area contributed by atoms with Gasteiger partial charge in [-0.25, -0.2) is 8.42 Å². The van der Waals surface area contributed by atoms with Crippen LogP contribution in [0.1, 0.15) is 0 Å². The lowest BCUT2D eigenvalue weighted by atomic mass is 10.3. The summed E-state index contributed by atoms with van der Waals surface area (Å²) in [4.78, 5) is 11.2. The van der Waals surface area contributed by atoms with E-state index in [1.54, 1.807) is 48.5 Å². The van der Waals surface area contributed by atoms with Crippen LogP contribution in [0.3, 0.4) is 0 Å². The number of nitrogens with zero attached hydrogens (tertiary/aromatic N) is 2. The molecule has 0 amide bonds. The predicted molar refractivity (Wildman–Crippen MR) is 110 cm³/mol. The number of hydrogen-bond donors (Lipinski definition) is 1. The summed E-state index contributed by atoms with van der Waals surface area (Å²) in [7, 11) is -3.88. The van der Waals surface area contributed by atoms with Gasteiger partial charge in [0.25, 0.3) is 5.69 Å². The molecule has 0 atom stereocenters. The summed E-state index contributed by atoms with van der Waals surface area (Å²) >= 11 is 0.986. The number of thioether (sulfide) groups is 1. The van der Waals surface area contributed by atoms with Gasteiger partial charge in [-0.2, -0.15) is 5.10 Å². The second-order valence-electron chi connectivity index (χ2n) is 5.53. The SMILES string of the molecule is O=[N+]([O-])c1cccc(N/N=C(\Sc2ccccc2)S(=O)(=O)c2ccccc2)c1. The van der Waals surface area contributed by atoms with E-state index in [4.69, 9.17) is 0 Å². The number of hydrazone groups is 1. The third-order valence-corrected chi connectivity index (χ3v) is 6.69. The van der Waals surface area contributed by atoms with E-state index in [9.17, 15) is 18.5 Å². The molecule has 0 aromatic heterocycles. The van der Waals surface area contributed by atoms with Gasteiger partial charge in [0.05, 0.1) is 15.5 Å². The lowest BCUT2D eigenvalue weighted by molar-refractivity contribution is -0.384. The van der Waals surface area contributed by atoms with Crippen molar-refractivity contribution in [3.63, 3.8) is 0 Å². The topological polar surface area (TPSA) is 102 Å². The molecule has 3 rings (SSSR count). The van der Waals surface area contributed by atoms with E-state index < -0.39 is 14.8 Å². The summed E-state index contributed by atoms with van der Waals surface area (Å²) in [5.74, 6) is 0. The summed E-state index contributed by atoms with van der Waals surface area (Å²) in [5, 5.41) is 15.0. The Kier molecular flexibility index (Phi) is 6.07. The Balaban J connectivity index is 1.97. The molecule has 1 N–H and O–H groups in total. The number of rotatable bonds is 5. The zero-order valence-electron chi connectivity index (χ0n) is 14.4. The third-order valence-electron chi connectivity index (χ3n) is 3.57. The van der Waals surface area contributed by atoms with Crippen LogP contribution in [0.4, 0.5) is 11.4 Å². The molecule has 142 valence electrons. The summed E-state index contributed by atoms with van der Waals surface area (Å²) in [5.41, 5.74) is 2.81. The van der Waals surface area contributed by atoms with Gasteiger partial charge in [0.15, 0.2) is 0 Å². The van der Waals surface area contributed by atoms with E-state index in [1.807, 2.05) is 6.07 Å². The number of sulfone groups is 1. The van der Waals surface area contributed by atoms with Gasteiger partial charge >= 0.3 is 0 Å². The van der Waals surface area contributed by atoms with Crippen molar-refractivity contribution < 1.29 is 13.3 Å². The fraction of sp³-hybridized carbons (Fsp3) is 0. The minimum atomic E-state index is -3.88. The highest BCUT2D eigenvalue weighted by molar-refractivity contribution is 8.35. The average molecular weight is 413 g/mol. The molecule has 0 unspecified atom stereocenters. The van der Waals surface area contributed by atoms with Crippen LogP contribution in [-0.2, 0) is 9.84 Å². The second-order valence-corrected chi connectivity index (χ2v) is 8.71. The van der Waals surface area contributed by atoms with Crippen LogP contribution in [0.25, 0.3) is 0 Å². The van der Waals surface area contributed by atoms with Gasteiger partial charge in [-0.15, -0.1) is 0 Å². The standard InChI is InChI=1S/C19H15N3O4S2/c23-22(24)16-9-7-8-15(14-16)20-21-19(27-17-10-3-1-4-11-17)28(25,26)18-12-5-2-6-13-18/h1-14,20H/b21-19+. The minimum absolute atomic E-state index is 0.109. The fourth-order valence-corrected chi connectivity index (χ4v) is 4.71. The number of nitrogens with one attached hydrogen (secondary N) is 1. The summed E-state index contributed by atoms with van der Waals surface area (Å²) in [6.45, 7) is 0. The maximum absolute atomic E-state index is 13.0. The van der Waals surface area contributed by atoms with Crippen LogP contribution < -0.4 is 5.43 Å². The molecule has 0 radical (unpaired) electrons. The number of nitro benzene ring substituents is 1. The third kappa shape index (κ3) is 4.76. The first-order valence-electron chi connectivity index (χ1n) is 8.08. The number of benzene rings is 3. The summed E-state index contributed by atoms with van der Waals surface area (Å²) in [6, 6.07) is 22.6. The molecule has 0 bridgehead atoms. The summed E-state index contributed by atoms with van der Waals surface area (Å²) in [6.07, 6.45) is 0. The molecule has 7 nitrogen and oxygen atoms in total. The van der Waals surface area contributed by atoms with Crippen molar-refractivity contribution in [1.82, 2.24) is 0 Å². The van der Waals surface area contributed by atoms with Crippen molar-refractivity contribution in [1.29, 1.82) is 0 Å². The fourth-order valence-electron chi connectivity index (χ4n) is 2.23. The molecule has 3 aromatic rings. The Morgan fingerprint density at radius 3 is 2.21 bits per heavy atom. The first-order chi connectivity index (χ1) is 13.5. The quantitative estimate of drug-likeness (QED) is 0.217. The number of non-ortho nitro benzene ring substituents is 1. The van der Waals surface area contributed by atoms with E-state index in [-0.39, 0.29) is 15.0 Å². The van der Waals surface area contributed by atoms with Crippen molar-refractivity contribution in [2.75, 3.05) is 5.43 Å². The first-order valence-corrected chi connectivity index (χ1v) is 10.4. The summed E-state index contributed by atoms with van der Waals surface area (Å²) < 4.78 is 25.9. The van der Waals surface area contributed by atoms with E-state index >= 15 is 0 Å². The molecule has 0 fully saturated rings. The Morgan fingerprint density at radius 2 is 1.57 bits per heavy atom. The molecule has 9 heteroatoms. The molecule has 0 saturated carbocycles. The van der Waals surface area contributed by atoms with Gasteiger partial charge in [-0.3, -0.25) is 15.5 Å². The zero-order chi connectivity index (χ0) is 20.0. The lowest BCUT2D eigenvalue weighted by Crippen LogP contribution is -2.13. The maximum Gasteiger partial charge on any atom is 0.271 e. The molecule has 0 spiro atoms. The van der Waals surface area contributed by atoms with Crippen LogP contribution in [0.2, 0.25) is 0 Å². The van der Waals surface area contributed by atoms with E-state index in [2.05, 4.69) is 10.5 Å². The average Bonchev–Trinajstić information content (AvgIpc) is 2.72. The van der Waals surface area contributed by atoms with Crippen molar-refractivity contribution >= 4 is 37.3 Å². The van der Waals surface area contributed by atoms with Gasteiger partial charge in [-0.05, 0) is 30.3 Å². The van der Waals surface area contributed by atoms with Crippen molar-refractivity contribution in [3.05, 3.63) is 95.0 Å². The molecular weight excluding hydrogens is 398 g/mol. The van der Waals surface area contributed by atoms with Crippen molar-refractivity contribution in [2.45, 2.75) is 9.79 Å². The van der Waals surface area contributed by atoms with Gasteiger partial charge < -0.3 is 0 Å². The molecule has 0 aliphatic rings. The minimum Gasteiger partial charge on any atom is -0.276 e. The number of nitro groups is 1. The lowest BCUT2D eigenvalue weighted by Gasteiger charge is -2.09. The monoisotopic (exact) mass is 413 g/mol. The normalized spacial score (nSPS) is 11.8. The predicted octanol–water partition coefficient (Wildman–Crippen LogP) is 4.54. The van der Waals surface area contributed by atoms with E-state index in [1.165, 1.54) is 30.3 Å². The van der Waals surface area contributed by atoms with Crippen LogP contribution in [-0.4, -0.2) is 17.7 Å². The molecule has 3 aromatic carbocycles. The Labute approximate surface area is 166 Å². The number of anilines is 1. The second kappa shape index (κ2) is 8.68. The van der Waals surface area contributed by atoms with Crippen molar-refractivity contribution in [2.24, 2.45) is 5.10 Å². The molecule has 0 heterocycles. The molecule has 0 aliphatic carbocycles. The van der Waals surface area contributed by atoms with E-state index in [0.717, 1.165) is 11.8 Å². The van der Waals surface area contributed by atoms with Gasteiger partial charge in [0, 0.05) is 17.0 Å². The Bertz CT molecular complexity index is 1100. The Morgan fingerprint density at radius 1 is 0.929 bits per heavy atom. The number of hydrogen-bond acceptors (Lipinski definition) is 7. The smallest absolute Gasteiger partial charge is 0.271 e. The van der Waals surface area contributed by atoms with Crippen LogP contribution >= 0.6 is 11.8 Å². The van der Waals surface area contributed by atoms with Gasteiger partial charge in [-0.1, -0.05) is 54.2 Å². The Hall–Kier alpha value is -3.17. The van der Waals surface area contributed by atoms with Crippen LogP contribution in [0.5, 0.6) is 0 Å². The van der Waals surface area contributed by atoms with Gasteiger partial charge in [0.2, 0.25) is 14.2 Å². The maximum atomic E-state index is 13.0. The molecular formula is C19H15N3O4S2. The molecule has 0 saturated heterocycles. The van der Waals surface area contributed by atoms with Gasteiger partial charge in [0.1, 0.15) is 0 Å². The molecule has 28 heavy (non-hydrogen) atoms. The largest absolute Gasteiger partial charge is 0.276 e.